The number of carbonyl (C=O) groups excluding carboxylic acids is 3. The number of aliphatic hydroxyl groups excluding tert-OH is 4. The molecule has 8 heteroatoms. The lowest BCUT2D eigenvalue weighted by Crippen LogP contribution is -2.48. The fourth-order valence-electron chi connectivity index (χ4n) is 3.66. The van der Waals surface area contributed by atoms with Crippen LogP contribution in [0.5, 0.6) is 0 Å². The number of allylic oxidation sites excluding steroid dienone is 9. The maximum Gasteiger partial charge on any atom is 0.345 e. The van der Waals surface area contributed by atoms with E-state index in [0.717, 1.165) is 24.5 Å². The van der Waals surface area contributed by atoms with Crippen LogP contribution in [-0.4, -0.2) is 63.1 Å². The van der Waals surface area contributed by atoms with E-state index in [4.69, 9.17) is 5.11 Å². The molecular formula is C26H36O8. The second kappa shape index (κ2) is 13.3. The van der Waals surface area contributed by atoms with E-state index in [2.05, 4.69) is 31.6 Å². The van der Waals surface area contributed by atoms with Crippen LogP contribution in [0.1, 0.15) is 53.9 Å². The lowest BCUT2D eigenvalue weighted by Gasteiger charge is -2.32. The first-order valence-corrected chi connectivity index (χ1v) is 11.1. The summed E-state index contributed by atoms with van der Waals surface area (Å²) in [5.74, 6) is -2.62. The van der Waals surface area contributed by atoms with Gasteiger partial charge in [-0.3, -0.25) is 0 Å². The number of ether oxygens (including phenoxy) is 1. The minimum absolute atomic E-state index is 0.0728. The van der Waals surface area contributed by atoms with E-state index in [9.17, 15) is 29.7 Å². The van der Waals surface area contributed by atoms with Crippen molar-refractivity contribution in [3.05, 3.63) is 58.7 Å². The summed E-state index contributed by atoms with van der Waals surface area (Å²) in [5.41, 5.74) is 4.40. The molecular weight excluding hydrogens is 440 g/mol. The Morgan fingerprint density at radius 1 is 1.03 bits per heavy atom. The van der Waals surface area contributed by atoms with Crippen molar-refractivity contribution < 1.29 is 39.5 Å². The Labute approximate surface area is 200 Å². The van der Waals surface area contributed by atoms with Gasteiger partial charge in [-0.15, -0.1) is 0 Å². The van der Waals surface area contributed by atoms with E-state index < -0.39 is 36.4 Å². The molecule has 8 nitrogen and oxygen atoms in total. The summed E-state index contributed by atoms with van der Waals surface area (Å²) in [4.78, 5) is 34.1. The molecule has 0 aromatic rings. The zero-order chi connectivity index (χ0) is 26.1. The van der Waals surface area contributed by atoms with E-state index in [1.807, 2.05) is 19.1 Å². The van der Waals surface area contributed by atoms with Crippen molar-refractivity contribution in [1.29, 1.82) is 0 Å². The van der Waals surface area contributed by atoms with Crippen molar-refractivity contribution >= 4 is 18.2 Å². The predicted molar refractivity (Wildman–Crippen MR) is 127 cm³/mol. The van der Waals surface area contributed by atoms with Crippen molar-refractivity contribution in [3.8, 4) is 0 Å². The molecule has 0 radical (unpaired) electrons. The third-order valence-electron chi connectivity index (χ3n) is 5.72. The highest BCUT2D eigenvalue weighted by Gasteiger charge is 2.36. The van der Waals surface area contributed by atoms with Gasteiger partial charge in [0.2, 0.25) is 0 Å². The Balaban J connectivity index is 2.71. The first kappa shape index (κ1) is 29.4. The average molecular weight is 477 g/mol. The summed E-state index contributed by atoms with van der Waals surface area (Å²) < 4.78 is 4.42. The van der Waals surface area contributed by atoms with Crippen molar-refractivity contribution in [1.82, 2.24) is 0 Å². The number of esters is 2. The molecule has 1 aliphatic carbocycles. The average Bonchev–Trinajstić information content (AvgIpc) is 2.75. The van der Waals surface area contributed by atoms with Crippen molar-refractivity contribution in [2.24, 2.45) is 5.41 Å². The molecule has 0 unspecified atom stereocenters. The minimum Gasteiger partial charge on any atom is -0.388 e. The highest BCUT2D eigenvalue weighted by atomic mass is 16.6. The molecule has 4 N–H and O–H groups in total. The van der Waals surface area contributed by atoms with Gasteiger partial charge in [0, 0.05) is 6.08 Å². The van der Waals surface area contributed by atoms with E-state index in [0.29, 0.717) is 5.57 Å². The summed E-state index contributed by atoms with van der Waals surface area (Å²) >= 11 is 0. The number of hydrogen-bond acceptors (Lipinski definition) is 8. The summed E-state index contributed by atoms with van der Waals surface area (Å²) in [5, 5.41) is 37.9. The Kier molecular flexibility index (Phi) is 11.5. The predicted octanol–water partition coefficient (Wildman–Crippen LogP) is 2.23. The van der Waals surface area contributed by atoms with Crippen LogP contribution in [0.25, 0.3) is 0 Å². The molecule has 0 aromatic carbocycles. The van der Waals surface area contributed by atoms with Gasteiger partial charge in [-0.25, -0.2) is 9.59 Å². The SMILES string of the molecule is CC1=C(/C=C/C(C)=C/C=C/C(C)=C/C(=O)OC(=O)[C@@H](O)[C@@H](O)[C@H](O)[C@@H](O)C=O)C(C)(C)CCC1. The number of rotatable bonds is 10. The van der Waals surface area contributed by atoms with Crippen molar-refractivity contribution in [2.45, 2.75) is 78.3 Å². The summed E-state index contributed by atoms with van der Waals surface area (Å²) in [6.07, 6.45) is 5.19. The number of aldehydes is 1. The van der Waals surface area contributed by atoms with Gasteiger partial charge in [-0.2, -0.15) is 0 Å². The maximum absolute atomic E-state index is 11.9. The van der Waals surface area contributed by atoms with Crippen LogP contribution in [0.3, 0.4) is 0 Å². The largest absolute Gasteiger partial charge is 0.388 e. The maximum atomic E-state index is 11.9. The second-order valence-corrected chi connectivity index (χ2v) is 9.22. The van der Waals surface area contributed by atoms with Crippen LogP contribution in [-0.2, 0) is 19.1 Å². The van der Waals surface area contributed by atoms with Gasteiger partial charge in [-0.1, -0.05) is 55.4 Å². The van der Waals surface area contributed by atoms with Crippen LogP contribution in [0.15, 0.2) is 58.7 Å². The van der Waals surface area contributed by atoms with Gasteiger partial charge in [0.1, 0.15) is 18.3 Å². The first-order chi connectivity index (χ1) is 15.8. The Bertz CT molecular complexity index is 904. The van der Waals surface area contributed by atoms with E-state index in [1.165, 1.54) is 17.6 Å². The van der Waals surface area contributed by atoms with Gasteiger partial charge >= 0.3 is 11.9 Å². The third kappa shape index (κ3) is 8.95. The highest BCUT2D eigenvalue weighted by Crippen LogP contribution is 2.40. The minimum atomic E-state index is -2.33. The molecule has 0 bridgehead atoms. The molecule has 0 amide bonds. The number of carbonyl (C=O) groups is 3. The van der Waals surface area contributed by atoms with Crippen LogP contribution >= 0.6 is 0 Å². The molecule has 0 aromatic heterocycles. The van der Waals surface area contributed by atoms with Gasteiger partial charge in [0.15, 0.2) is 12.4 Å². The topological polar surface area (TPSA) is 141 Å². The monoisotopic (exact) mass is 476 g/mol. The molecule has 0 spiro atoms. The molecule has 0 saturated heterocycles. The lowest BCUT2D eigenvalue weighted by molar-refractivity contribution is -0.174. The Morgan fingerprint density at radius 3 is 2.26 bits per heavy atom. The fraction of sp³-hybridized carbons (Fsp3) is 0.500. The van der Waals surface area contributed by atoms with E-state index in [-0.39, 0.29) is 11.7 Å². The zero-order valence-electron chi connectivity index (χ0n) is 20.4. The van der Waals surface area contributed by atoms with E-state index >= 15 is 0 Å². The van der Waals surface area contributed by atoms with E-state index in [1.54, 1.807) is 19.1 Å². The molecule has 4 atom stereocenters. The van der Waals surface area contributed by atoms with Gasteiger partial charge < -0.3 is 30.0 Å². The molecule has 0 heterocycles. The fourth-order valence-corrected chi connectivity index (χ4v) is 3.66. The zero-order valence-corrected chi connectivity index (χ0v) is 20.4. The quantitative estimate of drug-likeness (QED) is 0.124. The summed E-state index contributed by atoms with van der Waals surface area (Å²) in [7, 11) is 0. The summed E-state index contributed by atoms with van der Waals surface area (Å²) in [6.45, 7) is 10.2. The van der Waals surface area contributed by atoms with Crippen LogP contribution in [0.4, 0.5) is 0 Å². The Hall–Kier alpha value is -2.65. The Morgan fingerprint density at radius 2 is 1.68 bits per heavy atom. The van der Waals surface area contributed by atoms with Gasteiger partial charge in [0.05, 0.1) is 0 Å². The smallest absolute Gasteiger partial charge is 0.345 e. The molecule has 1 aliphatic rings. The van der Waals surface area contributed by atoms with Crippen molar-refractivity contribution in [3.63, 3.8) is 0 Å². The van der Waals surface area contributed by atoms with Crippen LogP contribution < -0.4 is 0 Å². The first-order valence-electron chi connectivity index (χ1n) is 11.1. The molecule has 0 saturated carbocycles. The molecule has 0 fully saturated rings. The second-order valence-electron chi connectivity index (χ2n) is 9.22. The molecule has 34 heavy (non-hydrogen) atoms. The molecule has 188 valence electrons. The third-order valence-corrected chi connectivity index (χ3v) is 5.72. The van der Waals surface area contributed by atoms with Crippen LogP contribution in [0.2, 0.25) is 0 Å². The van der Waals surface area contributed by atoms with Gasteiger partial charge in [0.25, 0.3) is 0 Å². The van der Waals surface area contributed by atoms with Crippen LogP contribution in [0, 0.1) is 5.41 Å². The number of hydrogen-bond donors (Lipinski definition) is 4. The number of aliphatic hydroxyl groups is 4. The normalized spacial score (nSPS) is 20.9. The summed E-state index contributed by atoms with van der Waals surface area (Å²) in [6, 6.07) is 0. The van der Waals surface area contributed by atoms with Crippen molar-refractivity contribution in [2.75, 3.05) is 0 Å². The highest BCUT2D eigenvalue weighted by molar-refractivity contribution is 5.94. The lowest BCUT2D eigenvalue weighted by atomic mass is 9.72. The standard InChI is InChI=1S/C26H36O8/c1-16(11-12-19-18(3)10-7-13-26(19,4)5)8-6-9-17(2)14-21(29)34-25(33)24(32)23(31)22(30)20(28)15-27/h6,8-9,11-12,14-15,20,22-24,28,30-32H,7,10,13H2,1-5H3/b9-6+,12-11+,16-8+,17-14+/t20-,22+,23-,24-/m0/s1. The van der Waals surface area contributed by atoms with Gasteiger partial charge in [-0.05, 0) is 56.6 Å². The molecule has 1 rings (SSSR count). The molecule has 0 aliphatic heterocycles.